The Bertz CT molecular complexity index is 1010. The molecule has 3 aromatic rings. The van der Waals surface area contributed by atoms with Crippen LogP contribution in [0.2, 0.25) is 0 Å². The zero-order valence-corrected chi connectivity index (χ0v) is 15.6. The number of hydrogen-bond donors (Lipinski definition) is 1. The van der Waals surface area contributed by atoms with Crippen LogP contribution in [-0.2, 0) is 18.3 Å². The van der Waals surface area contributed by atoms with E-state index in [1.54, 1.807) is 29.7 Å². The van der Waals surface area contributed by atoms with Gasteiger partial charge >= 0.3 is 0 Å². The summed E-state index contributed by atoms with van der Waals surface area (Å²) >= 11 is 0. The van der Waals surface area contributed by atoms with Crippen LogP contribution in [-0.4, -0.2) is 55.8 Å². The molecule has 1 fully saturated rings. The van der Waals surface area contributed by atoms with Crippen molar-refractivity contribution in [1.82, 2.24) is 30.1 Å². The Labute approximate surface area is 161 Å². The van der Waals surface area contributed by atoms with E-state index in [2.05, 4.69) is 20.6 Å². The largest absolute Gasteiger partial charge is 0.353 e. The maximum absolute atomic E-state index is 13.0. The minimum Gasteiger partial charge on any atom is -0.353 e. The average Bonchev–Trinajstić information content (AvgIpc) is 3.29. The molecule has 144 valence electrons. The number of carbonyl (C=O) groups excluding carboxylic acids is 2. The molecular formula is C19H20N6O3. The number of nitrogens with zero attached hydrogens (tertiary/aromatic N) is 5. The summed E-state index contributed by atoms with van der Waals surface area (Å²) in [5.74, 6) is 0.295. The van der Waals surface area contributed by atoms with Gasteiger partial charge in [-0.25, -0.2) is 0 Å². The molecule has 1 saturated heterocycles. The van der Waals surface area contributed by atoms with Crippen molar-refractivity contribution in [1.29, 1.82) is 0 Å². The van der Waals surface area contributed by atoms with Crippen LogP contribution in [0.5, 0.6) is 0 Å². The van der Waals surface area contributed by atoms with E-state index in [0.29, 0.717) is 36.1 Å². The molecule has 9 nitrogen and oxygen atoms in total. The lowest BCUT2D eigenvalue weighted by Gasteiger charge is -2.34. The maximum Gasteiger partial charge on any atom is 0.258 e. The molecule has 3 heterocycles. The van der Waals surface area contributed by atoms with E-state index in [1.165, 1.54) is 0 Å². The highest BCUT2D eigenvalue weighted by molar-refractivity contribution is 5.98. The highest BCUT2D eigenvalue weighted by Crippen LogP contribution is 2.19. The average molecular weight is 380 g/mol. The van der Waals surface area contributed by atoms with Gasteiger partial charge in [0.1, 0.15) is 6.04 Å². The summed E-state index contributed by atoms with van der Waals surface area (Å²) in [7, 11) is 1.76. The number of aromatic nitrogens is 4. The van der Waals surface area contributed by atoms with E-state index in [4.69, 9.17) is 4.52 Å². The summed E-state index contributed by atoms with van der Waals surface area (Å²) in [6.45, 7) is 2.58. The Morgan fingerprint density at radius 1 is 1.32 bits per heavy atom. The van der Waals surface area contributed by atoms with Gasteiger partial charge in [0, 0.05) is 31.9 Å². The van der Waals surface area contributed by atoms with Gasteiger partial charge in [0.15, 0.2) is 0 Å². The summed E-state index contributed by atoms with van der Waals surface area (Å²) in [5, 5.41) is 11.0. The van der Waals surface area contributed by atoms with Crippen molar-refractivity contribution in [2.24, 2.45) is 7.05 Å². The monoisotopic (exact) mass is 380 g/mol. The zero-order valence-electron chi connectivity index (χ0n) is 15.6. The van der Waals surface area contributed by atoms with E-state index < -0.39 is 6.04 Å². The number of nitrogens with one attached hydrogen (secondary N) is 1. The fraction of sp³-hybridized carbons (Fsp3) is 0.316. The van der Waals surface area contributed by atoms with E-state index >= 15 is 0 Å². The fourth-order valence-corrected chi connectivity index (χ4v) is 3.33. The summed E-state index contributed by atoms with van der Waals surface area (Å²) < 4.78 is 6.93. The normalized spacial score (nSPS) is 16.9. The molecule has 28 heavy (non-hydrogen) atoms. The van der Waals surface area contributed by atoms with Gasteiger partial charge in [-0.2, -0.15) is 10.1 Å². The van der Waals surface area contributed by atoms with E-state index in [1.807, 2.05) is 30.3 Å². The summed E-state index contributed by atoms with van der Waals surface area (Å²) in [4.78, 5) is 31.5. The molecule has 0 aliphatic carbocycles. The Morgan fingerprint density at radius 2 is 2.11 bits per heavy atom. The SMILES string of the molecule is Cc1nn(C)cc1C(=O)N1CCNC(=O)C1Cc1nc(-c2ccccc2)no1. The molecule has 1 aliphatic rings. The van der Waals surface area contributed by atoms with E-state index in [0.717, 1.165) is 5.56 Å². The van der Waals surface area contributed by atoms with Gasteiger partial charge in [-0.3, -0.25) is 14.3 Å². The lowest BCUT2D eigenvalue weighted by Crippen LogP contribution is -2.58. The second kappa shape index (κ2) is 7.26. The molecule has 1 unspecified atom stereocenters. The summed E-state index contributed by atoms with van der Waals surface area (Å²) in [5.41, 5.74) is 1.93. The minimum absolute atomic E-state index is 0.150. The Hall–Kier alpha value is -3.49. The van der Waals surface area contributed by atoms with Crippen LogP contribution in [0.1, 0.15) is 21.9 Å². The highest BCUT2D eigenvalue weighted by atomic mass is 16.5. The summed E-state index contributed by atoms with van der Waals surface area (Å²) in [6, 6.07) is 8.71. The predicted molar refractivity (Wildman–Crippen MR) is 99.2 cm³/mol. The van der Waals surface area contributed by atoms with Gasteiger partial charge in [0.2, 0.25) is 17.6 Å². The molecule has 1 aliphatic heterocycles. The van der Waals surface area contributed by atoms with Crippen molar-refractivity contribution in [3.63, 3.8) is 0 Å². The fourth-order valence-electron chi connectivity index (χ4n) is 3.33. The van der Waals surface area contributed by atoms with Crippen molar-refractivity contribution >= 4 is 11.8 Å². The van der Waals surface area contributed by atoms with Crippen molar-refractivity contribution in [3.8, 4) is 11.4 Å². The van der Waals surface area contributed by atoms with Crippen LogP contribution in [0.25, 0.3) is 11.4 Å². The highest BCUT2D eigenvalue weighted by Gasteiger charge is 2.36. The van der Waals surface area contributed by atoms with Gasteiger partial charge in [-0.05, 0) is 6.92 Å². The minimum atomic E-state index is -0.718. The van der Waals surface area contributed by atoms with Gasteiger partial charge in [-0.1, -0.05) is 35.5 Å². The number of rotatable bonds is 4. The van der Waals surface area contributed by atoms with Gasteiger partial charge in [0.05, 0.1) is 17.7 Å². The second-order valence-corrected chi connectivity index (χ2v) is 6.69. The third-order valence-corrected chi connectivity index (χ3v) is 4.70. The van der Waals surface area contributed by atoms with E-state index in [9.17, 15) is 9.59 Å². The molecule has 1 atom stereocenters. The van der Waals surface area contributed by atoms with E-state index in [-0.39, 0.29) is 18.2 Å². The third-order valence-electron chi connectivity index (χ3n) is 4.70. The Balaban J connectivity index is 1.57. The molecule has 2 amide bonds. The maximum atomic E-state index is 13.0. The number of carbonyl (C=O) groups is 2. The molecule has 9 heteroatoms. The first-order valence-electron chi connectivity index (χ1n) is 9.00. The number of aryl methyl sites for hydroxylation is 2. The first kappa shape index (κ1) is 17.9. The van der Waals surface area contributed by atoms with Crippen molar-refractivity contribution in [3.05, 3.63) is 53.7 Å². The Morgan fingerprint density at radius 3 is 2.82 bits per heavy atom. The molecule has 1 N–H and O–H groups in total. The number of benzene rings is 1. The lowest BCUT2D eigenvalue weighted by atomic mass is 10.1. The molecule has 0 bridgehead atoms. The molecule has 1 aromatic carbocycles. The zero-order chi connectivity index (χ0) is 19.7. The van der Waals surface area contributed by atoms with Crippen LogP contribution in [0, 0.1) is 6.92 Å². The van der Waals surface area contributed by atoms with Crippen LogP contribution in [0.15, 0.2) is 41.1 Å². The third kappa shape index (κ3) is 3.38. The van der Waals surface area contributed by atoms with Crippen LogP contribution >= 0.6 is 0 Å². The van der Waals surface area contributed by atoms with Crippen molar-refractivity contribution < 1.29 is 14.1 Å². The number of hydrogen-bond acceptors (Lipinski definition) is 6. The standard InChI is InChI=1S/C19H20N6O3/c1-12-14(11-24(2)22-12)19(27)25-9-8-20-18(26)15(25)10-16-21-17(23-28-16)13-6-4-3-5-7-13/h3-7,11,15H,8-10H2,1-2H3,(H,20,26). The van der Waals surface area contributed by atoms with Crippen LogP contribution < -0.4 is 5.32 Å². The second-order valence-electron chi connectivity index (χ2n) is 6.69. The molecular weight excluding hydrogens is 360 g/mol. The van der Waals surface area contributed by atoms with Gasteiger partial charge in [0.25, 0.3) is 5.91 Å². The first-order chi connectivity index (χ1) is 13.5. The topological polar surface area (TPSA) is 106 Å². The quantitative estimate of drug-likeness (QED) is 0.723. The van der Waals surface area contributed by atoms with Crippen molar-refractivity contribution in [2.45, 2.75) is 19.4 Å². The molecule has 0 saturated carbocycles. The molecule has 2 aromatic heterocycles. The molecule has 4 rings (SSSR count). The predicted octanol–water partition coefficient (Wildman–Crippen LogP) is 0.962. The smallest absolute Gasteiger partial charge is 0.258 e. The molecule has 0 radical (unpaired) electrons. The van der Waals surface area contributed by atoms with Crippen molar-refractivity contribution in [2.75, 3.05) is 13.1 Å². The lowest BCUT2D eigenvalue weighted by molar-refractivity contribution is -0.127. The van der Waals surface area contributed by atoms with Gasteiger partial charge in [-0.15, -0.1) is 0 Å². The van der Waals surface area contributed by atoms with Crippen LogP contribution in [0.3, 0.4) is 0 Å². The number of amides is 2. The first-order valence-corrected chi connectivity index (χ1v) is 9.00. The molecule has 0 spiro atoms. The van der Waals surface area contributed by atoms with Crippen LogP contribution in [0.4, 0.5) is 0 Å². The van der Waals surface area contributed by atoms with Gasteiger partial charge < -0.3 is 14.7 Å². The summed E-state index contributed by atoms with van der Waals surface area (Å²) in [6.07, 6.45) is 1.82. The Kier molecular flexibility index (Phi) is 4.64. The number of piperazine rings is 1.